The third kappa shape index (κ3) is 5.41. The van der Waals surface area contributed by atoms with E-state index in [1.807, 2.05) is 19.0 Å². The average Bonchev–Trinajstić information content (AvgIpc) is 2.68. The molecule has 1 N–H and O–H groups in total. The van der Waals surface area contributed by atoms with Crippen LogP contribution in [0.3, 0.4) is 0 Å². The van der Waals surface area contributed by atoms with Gasteiger partial charge in [-0.1, -0.05) is 13.0 Å². The zero-order valence-corrected chi connectivity index (χ0v) is 17.9. The van der Waals surface area contributed by atoms with Crippen LogP contribution in [0.2, 0.25) is 0 Å². The van der Waals surface area contributed by atoms with Gasteiger partial charge in [0, 0.05) is 68.8 Å². The summed E-state index contributed by atoms with van der Waals surface area (Å²) in [7, 11) is 4.00. The Labute approximate surface area is 169 Å². The number of nitrogens with one attached hydrogen (secondary N) is 1. The Morgan fingerprint density at radius 1 is 1.14 bits per heavy atom. The van der Waals surface area contributed by atoms with E-state index < -0.39 is 0 Å². The van der Waals surface area contributed by atoms with Crippen molar-refractivity contribution >= 4 is 11.8 Å². The van der Waals surface area contributed by atoms with Gasteiger partial charge in [0.05, 0.1) is 0 Å². The van der Waals surface area contributed by atoms with Crippen LogP contribution in [-0.4, -0.2) is 54.2 Å². The fraction of sp³-hybridized carbons (Fsp3) is 0.591. The molecular weight excluding hydrogens is 348 g/mol. The van der Waals surface area contributed by atoms with E-state index in [-0.39, 0.29) is 0 Å². The number of aryl methyl sites for hydroxylation is 2. The molecule has 6 nitrogen and oxygen atoms in total. The molecule has 2 aromatic rings. The zero-order valence-electron chi connectivity index (χ0n) is 17.9. The van der Waals surface area contributed by atoms with Crippen LogP contribution in [-0.2, 0) is 12.8 Å². The van der Waals surface area contributed by atoms with E-state index in [0.29, 0.717) is 12.1 Å². The van der Waals surface area contributed by atoms with Gasteiger partial charge in [0.25, 0.3) is 0 Å². The summed E-state index contributed by atoms with van der Waals surface area (Å²) in [6.07, 6.45) is 4.17. The van der Waals surface area contributed by atoms with Gasteiger partial charge in [-0.2, -0.15) is 4.98 Å². The summed E-state index contributed by atoms with van der Waals surface area (Å²) in [5.41, 5.74) is 3.36. The van der Waals surface area contributed by atoms with E-state index in [0.717, 1.165) is 61.9 Å². The Morgan fingerprint density at radius 3 is 2.54 bits per heavy atom. The monoisotopic (exact) mass is 382 g/mol. The van der Waals surface area contributed by atoms with Gasteiger partial charge in [-0.05, 0) is 45.2 Å². The van der Waals surface area contributed by atoms with Crippen LogP contribution >= 0.6 is 0 Å². The summed E-state index contributed by atoms with van der Waals surface area (Å²) in [4.78, 5) is 18.4. The molecule has 0 saturated carbocycles. The number of hydrogen-bond donors (Lipinski definition) is 1. The van der Waals surface area contributed by atoms with E-state index in [9.17, 15) is 0 Å². The molecule has 152 valence electrons. The third-order valence-electron chi connectivity index (χ3n) is 5.32. The van der Waals surface area contributed by atoms with Crippen molar-refractivity contribution < 1.29 is 0 Å². The summed E-state index contributed by atoms with van der Waals surface area (Å²) < 4.78 is 0. The van der Waals surface area contributed by atoms with Gasteiger partial charge in [0.15, 0.2) is 0 Å². The van der Waals surface area contributed by atoms with Crippen molar-refractivity contribution in [3.63, 3.8) is 0 Å². The molecular formula is C22H34N6. The molecule has 0 amide bonds. The minimum atomic E-state index is 0.428. The maximum atomic E-state index is 4.77. The lowest BCUT2D eigenvalue weighted by molar-refractivity contribution is 0.373. The highest BCUT2D eigenvalue weighted by atomic mass is 15.3. The predicted molar refractivity (Wildman–Crippen MR) is 116 cm³/mol. The van der Waals surface area contributed by atoms with E-state index in [2.05, 4.69) is 65.2 Å². The number of rotatable bonds is 7. The number of anilines is 2. The maximum absolute atomic E-state index is 4.77. The second-order valence-corrected chi connectivity index (χ2v) is 8.07. The first-order valence-corrected chi connectivity index (χ1v) is 10.4. The largest absolute Gasteiger partial charge is 0.356 e. The summed E-state index contributed by atoms with van der Waals surface area (Å²) in [5.74, 6) is 1.86. The number of hydrogen-bond acceptors (Lipinski definition) is 6. The first-order valence-electron chi connectivity index (χ1n) is 10.4. The van der Waals surface area contributed by atoms with Crippen molar-refractivity contribution in [2.24, 2.45) is 0 Å². The Morgan fingerprint density at radius 2 is 1.89 bits per heavy atom. The minimum Gasteiger partial charge on any atom is -0.356 e. The third-order valence-corrected chi connectivity index (χ3v) is 5.32. The molecule has 1 atom stereocenters. The smallest absolute Gasteiger partial charge is 0.227 e. The molecule has 28 heavy (non-hydrogen) atoms. The van der Waals surface area contributed by atoms with Gasteiger partial charge >= 0.3 is 0 Å². The van der Waals surface area contributed by atoms with Gasteiger partial charge in [-0.25, -0.2) is 4.98 Å². The number of pyridine rings is 1. The quantitative estimate of drug-likeness (QED) is 0.794. The molecule has 3 rings (SSSR count). The van der Waals surface area contributed by atoms with Crippen molar-refractivity contribution in [2.75, 3.05) is 37.0 Å². The summed E-state index contributed by atoms with van der Waals surface area (Å²) in [5, 5.41) is 3.80. The van der Waals surface area contributed by atoms with E-state index in [1.54, 1.807) is 0 Å². The van der Waals surface area contributed by atoms with Crippen molar-refractivity contribution in [1.29, 1.82) is 0 Å². The molecule has 1 fully saturated rings. The lowest BCUT2D eigenvalue weighted by Crippen LogP contribution is -2.46. The Kier molecular flexibility index (Phi) is 6.83. The molecule has 3 heterocycles. The van der Waals surface area contributed by atoms with E-state index in [1.165, 1.54) is 5.69 Å². The highest BCUT2D eigenvalue weighted by Gasteiger charge is 2.22. The van der Waals surface area contributed by atoms with Crippen LogP contribution in [0.1, 0.15) is 43.8 Å². The van der Waals surface area contributed by atoms with Gasteiger partial charge < -0.3 is 15.1 Å². The SMILES string of the molecule is CCc1cc(N2CCC(N[C@@H](C)Cc3cccc(C)n3)CC2)nc(N(C)C)n1. The lowest BCUT2D eigenvalue weighted by atomic mass is 10.0. The molecule has 2 aromatic heterocycles. The molecule has 6 heteroatoms. The first-order chi connectivity index (χ1) is 13.4. The molecule has 0 aliphatic carbocycles. The second kappa shape index (κ2) is 9.32. The van der Waals surface area contributed by atoms with Crippen LogP contribution in [0, 0.1) is 6.92 Å². The molecule has 1 aliphatic rings. The molecule has 0 radical (unpaired) electrons. The zero-order chi connectivity index (χ0) is 20.1. The first kappa shape index (κ1) is 20.5. The van der Waals surface area contributed by atoms with Crippen molar-refractivity contribution in [1.82, 2.24) is 20.3 Å². The second-order valence-electron chi connectivity index (χ2n) is 8.07. The maximum Gasteiger partial charge on any atom is 0.227 e. The average molecular weight is 383 g/mol. The normalized spacial score (nSPS) is 16.2. The Balaban J connectivity index is 1.55. The Bertz CT molecular complexity index is 767. The molecule has 1 saturated heterocycles. The number of aromatic nitrogens is 3. The summed E-state index contributed by atoms with van der Waals surface area (Å²) in [6, 6.07) is 9.39. The topological polar surface area (TPSA) is 57.2 Å². The highest BCUT2D eigenvalue weighted by Crippen LogP contribution is 2.21. The van der Waals surface area contributed by atoms with Gasteiger partial charge in [0.1, 0.15) is 5.82 Å². The van der Waals surface area contributed by atoms with E-state index >= 15 is 0 Å². The molecule has 0 unspecified atom stereocenters. The molecule has 0 aromatic carbocycles. The van der Waals surface area contributed by atoms with Crippen molar-refractivity contribution in [2.45, 2.75) is 58.5 Å². The van der Waals surface area contributed by atoms with Gasteiger partial charge in [-0.3, -0.25) is 4.98 Å². The number of piperidine rings is 1. The van der Waals surface area contributed by atoms with Crippen LogP contribution in [0.25, 0.3) is 0 Å². The van der Waals surface area contributed by atoms with Crippen LogP contribution in [0.5, 0.6) is 0 Å². The number of nitrogens with zero attached hydrogens (tertiary/aromatic N) is 5. The molecule has 0 bridgehead atoms. The molecule has 1 aliphatic heterocycles. The molecule has 0 spiro atoms. The van der Waals surface area contributed by atoms with E-state index in [4.69, 9.17) is 4.98 Å². The lowest BCUT2D eigenvalue weighted by Gasteiger charge is -2.35. The summed E-state index contributed by atoms with van der Waals surface area (Å²) >= 11 is 0. The van der Waals surface area contributed by atoms with Gasteiger partial charge in [-0.15, -0.1) is 0 Å². The van der Waals surface area contributed by atoms with Gasteiger partial charge in [0.2, 0.25) is 5.95 Å². The highest BCUT2D eigenvalue weighted by molar-refractivity contribution is 5.46. The predicted octanol–water partition coefficient (Wildman–Crippen LogP) is 3.00. The van der Waals surface area contributed by atoms with Crippen LogP contribution in [0.4, 0.5) is 11.8 Å². The van der Waals surface area contributed by atoms with Crippen LogP contribution in [0.15, 0.2) is 24.3 Å². The van der Waals surface area contributed by atoms with Crippen molar-refractivity contribution in [3.05, 3.63) is 41.3 Å². The minimum absolute atomic E-state index is 0.428. The summed E-state index contributed by atoms with van der Waals surface area (Å²) in [6.45, 7) is 8.51. The Hall–Kier alpha value is -2.21. The standard InChI is InChI=1S/C22H34N6/c1-6-18-15-21(26-22(25-18)27(4)5)28-12-10-19(11-13-28)24-17(3)14-20-9-7-8-16(2)23-20/h7-9,15,17,19,24H,6,10-14H2,1-5H3/t17-/m0/s1. The fourth-order valence-corrected chi connectivity index (χ4v) is 3.78. The van der Waals surface area contributed by atoms with Crippen molar-refractivity contribution in [3.8, 4) is 0 Å². The van der Waals surface area contributed by atoms with Crippen LogP contribution < -0.4 is 15.1 Å². The fourth-order valence-electron chi connectivity index (χ4n) is 3.78.